The first-order valence-electron chi connectivity index (χ1n) is 8.32. The average molecular weight is 363 g/mol. The molecule has 0 saturated carbocycles. The standard InChI is InChI=1S/C21H17NO5/c23-21(15-26-20-13-7-5-11-18(20)22(24)25)27-19-12-6-4-10-17(19)14-16-8-2-1-3-9-16/h1-13H,14-15H2. The Hall–Kier alpha value is -3.67. The lowest BCUT2D eigenvalue weighted by Gasteiger charge is -2.11. The van der Waals surface area contributed by atoms with Gasteiger partial charge in [0.15, 0.2) is 12.4 Å². The third-order valence-corrected chi connectivity index (χ3v) is 3.84. The third kappa shape index (κ3) is 4.92. The minimum absolute atomic E-state index is 0.0250. The number of rotatable bonds is 7. The van der Waals surface area contributed by atoms with Crippen LogP contribution in [0.3, 0.4) is 0 Å². The van der Waals surface area contributed by atoms with E-state index in [0.717, 1.165) is 11.1 Å². The van der Waals surface area contributed by atoms with Gasteiger partial charge in [-0.2, -0.15) is 0 Å². The van der Waals surface area contributed by atoms with Gasteiger partial charge in [-0.25, -0.2) is 4.79 Å². The van der Waals surface area contributed by atoms with Gasteiger partial charge in [-0.15, -0.1) is 0 Å². The molecule has 0 spiro atoms. The first-order chi connectivity index (χ1) is 13.1. The van der Waals surface area contributed by atoms with Crippen molar-refractivity contribution in [3.05, 3.63) is 100 Å². The number of benzene rings is 3. The summed E-state index contributed by atoms with van der Waals surface area (Å²) in [5.41, 5.74) is 1.76. The first-order valence-corrected chi connectivity index (χ1v) is 8.32. The number of para-hydroxylation sites is 3. The molecular formula is C21H17NO5. The van der Waals surface area contributed by atoms with Crippen molar-refractivity contribution in [2.24, 2.45) is 0 Å². The SMILES string of the molecule is O=C(COc1ccccc1[N+](=O)[O-])Oc1ccccc1Cc1ccccc1. The summed E-state index contributed by atoms with van der Waals surface area (Å²) in [6.07, 6.45) is 0.620. The Labute approximate surface area is 156 Å². The van der Waals surface area contributed by atoms with E-state index < -0.39 is 17.5 Å². The summed E-state index contributed by atoms with van der Waals surface area (Å²) in [5, 5.41) is 11.0. The van der Waals surface area contributed by atoms with Crippen LogP contribution >= 0.6 is 0 Å². The third-order valence-electron chi connectivity index (χ3n) is 3.84. The smallest absolute Gasteiger partial charge is 0.349 e. The minimum atomic E-state index is -0.631. The van der Waals surface area contributed by atoms with E-state index in [1.54, 1.807) is 18.2 Å². The number of nitrogens with zero attached hydrogens (tertiary/aromatic N) is 1. The van der Waals surface area contributed by atoms with Gasteiger partial charge in [-0.3, -0.25) is 10.1 Å². The number of nitro benzene ring substituents is 1. The molecule has 0 atom stereocenters. The zero-order valence-corrected chi connectivity index (χ0v) is 14.4. The van der Waals surface area contributed by atoms with Gasteiger partial charge in [0.1, 0.15) is 5.75 Å². The molecule has 6 heteroatoms. The fraction of sp³-hybridized carbons (Fsp3) is 0.0952. The van der Waals surface area contributed by atoms with Crippen LogP contribution in [0, 0.1) is 10.1 Å². The molecule has 136 valence electrons. The van der Waals surface area contributed by atoms with Crippen molar-refractivity contribution in [2.75, 3.05) is 6.61 Å². The second-order valence-corrected chi connectivity index (χ2v) is 5.76. The second kappa shape index (κ2) is 8.62. The molecule has 3 aromatic rings. The summed E-state index contributed by atoms with van der Waals surface area (Å²) in [7, 11) is 0. The maximum Gasteiger partial charge on any atom is 0.349 e. The molecule has 27 heavy (non-hydrogen) atoms. The molecule has 0 aliphatic rings. The zero-order chi connectivity index (χ0) is 19.1. The molecule has 6 nitrogen and oxygen atoms in total. The highest BCUT2D eigenvalue weighted by Gasteiger charge is 2.16. The Balaban J connectivity index is 1.66. The molecule has 0 saturated heterocycles. The van der Waals surface area contributed by atoms with Crippen LogP contribution in [0.1, 0.15) is 11.1 Å². The van der Waals surface area contributed by atoms with E-state index in [2.05, 4.69) is 0 Å². The highest BCUT2D eigenvalue weighted by atomic mass is 16.6. The normalized spacial score (nSPS) is 10.2. The lowest BCUT2D eigenvalue weighted by molar-refractivity contribution is -0.385. The largest absolute Gasteiger partial charge is 0.475 e. The molecule has 0 aromatic heterocycles. The Bertz CT molecular complexity index is 940. The molecule has 0 radical (unpaired) electrons. The van der Waals surface area contributed by atoms with E-state index in [0.29, 0.717) is 12.2 Å². The van der Waals surface area contributed by atoms with Crippen LogP contribution in [0.5, 0.6) is 11.5 Å². The summed E-state index contributed by atoms with van der Waals surface area (Å²) < 4.78 is 10.7. The molecular weight excluding hydrogens is 346 g/mol. The van der Waals surface area contributed by atoms with Gasteiger partial charge in [0.25, 0.3) is 0 Å². The number of hydrogen-bond donors (Lipinski definition) is 0. The van der Waals surface area contributed by atoms with E-state index in [-0.39, 0.29) is 11.4 Å². The Kier molecular flexibility index (Phi) is 5.79. The molecule has 0 unspecified atom stereocenters. The number of hydrogen-bond acceptors (Lipinski definition) is 5. The fourth-order valence-electron chi connectivity index (χ4n) is 2.58. The molecule has 3 rings (SSSR count). The topological polar surface area (TPSA) is 78.7 Å². The molecule has 0 aliphatic heterocycles. The van der Waals surface area contributed by atoms with Crippen molar-refractivity contribution < 1.29 is 19.2 Å². The van der Waals surface area contributed by atoms with Gasteiger partial charge in [0.05, 0.1) is 4.92 Å². The Morgan fingerprint density at radius 2 is 1.48 bits per heavy atom. The van der Waals surface area contributed by atoms with Gasteiger partial charge in [0, 0.05) is 12.5 Å². The summed E-state index contributed by atoms with van der Waals surface area (Å²) in [4.78, 5) is 22.6. The number of ether oxygens (including phenoxy) is 2. The molecule has 0 bridgehead atoms. The summed E-state index contributed by atoms with van der Waals surface area (Å²) >= 11 is 0. The molecule has 0 aliphatic carbocycles. The molecule has 0 fully saturated rings. The number of carbonyl (C=O) groups is 1. The van der Waals surface area contributed by atoms with E-state index in [1.165, 1.54) is 18.2 Å². The van der Waals surface area contributed by atoms with Crippen molar-refractivity contribution in [1.82, 2.24) is 0 Å². The van der Waals surface area contributed by atoms with Crippen LogP contribution in [0.2, 0.25) is 0 Å². The second-order valence-electron chi connectivity index (χ2n) is 5.76. The predicted molar refractivity (Wildman–Crippen MR) is 99.9 cm³/mol. The van der Waals surface area contributed by atoms with Crippen molar-refractivity contribution in [1.29, 1.82) is 0 Å². The van der Waals surface area contributed by atoms with Crippen LogP contribution < -0.4 is 9.47 Å². The van der Waals surface area contributed by atoms with Crippen LogP contribution in [0.15, 0.2) is 78.9 Å². The number of esters is 1. The van der Waals surface area contributed by atoms with Gasteiger partial charge in [0.2, 0.25) is 0 Å². The maximum atomic E-state index is 12.2. The van der Waals surface area contributed by atoms with Gasteiger partial charge in [-0.1, -0.05) is 60.7 Å². The first kappa shape index (κ1) is 18.1. The van der Waals surface area contributed by atoms with Crippen LogP contribution in [0.25, 0.3) is 0 Å². The van der Waals surface area contributed by atoms with Crippen molar-refractivity contribution in [3.8, 4) is 11.5 Å². The molecule has 0 N–H and O–H groups in total. The van der Waals surface area contributed by atoms with Crippen molar-refractivity contribution in [2.45, 2.75) is 6.42 Å². The maximum absolute atomic E-state index is 12.2. The minimum Gasteiger partial charge on any atom is -0.475 e. The average Bonchev–Trinajstić information content (AvgIpc) is 2.69. The van der Waals surface area contributed by atoms with E-state index in [1.807, 2.05) is 42.5 Å². The highest BCUT2D eigenvalue weighted by Crippen LogP contribution is 2.26. The van der Waals surface area contributed by atoms with Gasteiger partial charge >= 0.3 is 11.7 Å². The van der Waals surface area contributed by atoms with Crippen LogP contribution in [-0.2, 0) is 11.2 Å². The lowest BCUT2D eigenvalue weighted by atomic mass is 10.0. The van der Waals surface area contributed by atoms with Gasteiger partial charge < -0.3 is 9.47 Å². The van der Waals surface area contributed by atoms with Crippen LogP contribution in [-0.4, -0.2) is 17.5 Å². The molecule has 0 heterocycles. The summed E-state index contributed by atoms with van der Waals surface area (Å²) in [5.74, 6) is -0.164. The Morgan fingerprint density at radius 3 is 2.22 bits per heavy atom. The van der Waals surface area contributed by atoms with E-state index in [4.69, 9.17) is 9.47 Å². The molecule has 0 amide bonds. The van der Waals surface area contributed by atoms with E-state index in [9.17, 15) is 14.9 Å². The summed E-state index contributed by atoms with van der Waals surface area (Å²) in [6.45, 7) is -0.426. The van der Waals surface area contributed by atoms with Crippen LogP contribution in [0.4, 0.5) is 5.69 Å². The van der Waals surface area contributed by atoms with Crippen molar-refractivity contribution >= 4 is 11.7 Å². The van der Waals surface area contributed by atoms with Crippen molar-refractivity contribution in [3.63, 3.8) is 0 Å². The Morgan fingerprint density at radius 1 is 0.852 bits per heavy atom. The molecule has 3 aromatic carbocycles. The quantitative estimate of drug-likeness (QED) is 0.272. The number of carbonyl (C=O) groups excluding carboxylic acids is 1. The lowest BCUT2D eigenvalue weighted by Crippen LogP contribution is -2.18. The van der Waals surface area contributed by atoms with Gasteiger partial charge in [-0.05, 0) is 23.3 Å². The predicted octanol–water partition coefficient (Wildman–Crippen LogP) is 4.17. The van der Waals surface area contributed by atoms with E-state index >= 15 is 0 Å². The zero-order valence-electron chi connectivity index (χ0n) is 14.4. The monoisotopic (exact) mass is 363 g/mol. The highest BCUT2D eigenvalue weighted by molar-refractivity contribution is 5.74. The number of nitro groups is 1. The summed E-state index contributed by atoms with van der Waals surface area (Å²) in [6, 6.07) is 23.0. The fourth-order valence-corrected chi connectivity index (χ4v) is 2.58.